The number of nitrogens with one attached hydrogen (secondary N) is 1. The van der Waals surface area contributed by atoms with Gasteiger partial charge < -0.3 is 15.2 Å². The fourth-order valence-corrected chi connectivity index (χ4v) is 3.25. The molecule has 0 saturated carbocycles. The first kappa shape index (κ1) is 16.9. The summed E-state index contributed by atoms with van der Waals surface area (Å²) in [6.07, 6.45) is 0.942. The molecule has 4 rings (SSSR count). The number of aromatic hydroxyl groups is 2. The zero-order valence-electron chi connectivity index (χ0n) is 14.3. The number of aromatic amines is 1. The lowest BCUT2D eigenvalue weighted by Crippen LogP contribution is -2.15. The third-order valence-corrected chi connectivity index (χ3v) is 4.58. The van der Waals surface area contributed by atoms with Crippen molar-refractivity contribution in [1.29, 1.82) is 0 Å². The summed E-state index contributed by atoms with van der Waals surface area (Å²) in [6.45, 7) is 0. The molecule has 5 nitrogen and oxygen atoms in total. The molecule has 0 fully saturated rings. The standard InChI is InChI=1S/C21H17FN2O3/c22-15-5-3-4-13(10-15)8-9-14-11-18(20(26)12-19(14)25)24-17-7-2-1-6-16(17)23-21(24)27/h1-7,10-12,25-26H,8-9H2,(H,23,27). The minimum absolute atomic E-state index is 0.0689. The molecule has 27 heavy (non-hydrogen) atoms. The van der Waals surface area contributed by atoms with Gasteiger partial charge in [-0.3, -0.25) is 4.57 Å². The Kier molecular flexibility index (Phi) is 4.16. The van der Waals surface area contributed by atoms with Gasteiger partial charge in [-0.05, 0) is 54.3 Å². The molecular weight excluding hydrogens is 347 g/mol. The number of fused-ring (bicyclic) bond motifs is 1. The molecule has 0 unspecified atom stereocenters. The van der Waals surface area contributed by atoms with Crippen LogP contribution in [0.15, 0.2) is 65.5 Å². The van der Waals surface area contributed by atoms with E-state index < -0.39 is 0 Å². The number of aryl methyl sites for hydroxylation is 2. The zero-order chi connectivity index (χ0) is 19.0. The van der Waals surface area contributed by atoms with Gasteiger partial charge in [-0.2, -0.15) is 0 Å². The highest BCUT2D eigenvalue weighted by molar-refractivity contribution is 5.78. The van der Waals surface area contributed by atoms with Gasteiger partial charge in [-0.25, -0.2) is 9.18 Å². The van der Waals surface area contributed by atoms with Crippen molar-refractivity contribution in [2.24, 2.45) is 0 Å². The molecule has 0 aliphatic heterocycles. The second-order valence-electron chi connectivity index (χ2n) is 6.38. The first-order chi connectivity index (χ1) is 13.0. The van der Waals surface area contributed by atoms with Crippen LogP contribution < -0.4 is 5.69 Å². The van der Waals surface area contributed by atoms with Gasteiger partial charge in [0.1, 0.15) is 17.3 Å². The molecule has 0 aliphatic rings. The predicted molar refractivity (Wildman–Crippen MR) is 101 cm³/mol. The fraction of sp³-hybridized carbons (Fsp3) is 0.0952. The molecule has 4 aromatic rings. The van der Waals surface area contributed by atoms with E-state index in [0.29, 0.717) is 29.4 Å². The van der Waals surface area contributed by atoms with Crippen LogP contribution in [-0.4, -0.2) is 19.8 Å². The predicted octanol–water partition coefficient (Wildman–Crippen LogP) is 3.65. The number of benzene rings is 3. The van der Waals surface area contributed by atoms with Gasteiger partial charge in [0.05, 0.1) is 16.7 Å². The van der Waals surface area contributed by atoms with Gasteiger partial charge in [0.15, 0.2) is 0 Å². The summed E-state index contributed by atoms with van der Waals surface area (Å²) in [5, 5.41) is 20.5. The Morgan fingerprint density at radius 2 is 1.74 bits per heavy atom. The number of H-pyrrole nitrogens is 1. The monoisotopic (exact) mass is 364 g/mol. The maximum Gasteiger partial charge on any atom is 0.331 e. The van der Waals surface area contributed by atoms with Crippen molar-refractivity contribution in [3.63, 3.8) is 0 Å². The summed E-state index contributed by atoms with van der Waals surface area (Å²) >= 11 is 0. The molecule has 3 N–H and O–H groups in total. The summed E-state index contributed by atoms with van der Waals surface area (Å²) in [4.78, 5) is 15.1. The molecule has 3 aromatic carbocycles. The lowest BCUT2D eigenvalue weighted by atomic mass is 10.0. The number of halogens is 1. The molecule has 0 amide bonds. The van der Waals surface area contributed by atoms with Gasteiger partial charge >= 0.3 is 5.69 Å². The summed E-state index contributed by atoms with van der Waals surface area (Å²) in [5.74, 6) is -0.581. The van der Waals surface area contributed by atoms with Crippen molar-refractivity contribution < 1.29 is 14.6 Å². The first-order valence-corrected chi connectivity index (χ1v) is 8.52. The van der Waals surface area contributed by atoms with Crippen LogP contribution in [0.25, 0.3) is 16.7 Å². The number of phenols is 2. The van der Waals surface area contributed by atoms with E-state index >= 15 is 0 Å². The van der Waals surface area contributed by atoms with Crippen LogP contribution in [0.3, 0.4) is 0 Å². The van der Waals surface area contributed by atoms with E-state index in [-0.39, 0.29) is 28.7 Å². The van der Waals surface area contributed by atoms with Crippen LogP contribution in [-0.2, 0) is 12.8 Å². The lowest BCUT2D eigenvalue weighted by molar-refractivity contribution is 0.444. The van der Waals surface area contributed by atoms with Crippen molar-refractivity contribution in [3.8, 4) is 17.2 Å². The number of aromatic nitrogens is 2. The van der Waals surface area contributed by atoms with E-state index in [0.717, 1.165) is 5.56 Å². The number of hydrogen-bond acceptors (Lipinski definition) is 3. The molecule has 1 heterocycles. The fourth-order valence-electron chi connectivity index (χ4n) is 3.25. The number of hydrogen-bond donors (Lipinski definition) is 3. The average molecular weight is 364 g/mol. The molecular formula is C21H17FN2O3. The topological polar surface area (TPSA) is 78.2 Å². The van der Waals surface area contributed by atoms with E-state index in [2.05, 4.69) is 4.98 Å². The highest BCUT2D eigenvalue weighted by Crippen LogP contribution is 2.32. The number of para-hydroxylation sites is 2. The third-order valence-electron chi connectivity index (χ3n) is 4.58. The second kappa shape index (κ2) is 6.64. The van der Waals surface area contributed by atoms with E-state index in [9.17, 15) is 19.4 Å². The molecule has 1 aromatic heterocycles. The van der Waals surface area contributed by atoms with Gasteiger partial charge in [0, 0.05) is 6.07 Å². The van der Waals surface area contributed by atoms with Gasteiger partial charge in [0.2, 0.25) is 0 Å². The van der Waals surface area contributed by atoms with E-state index in [1.165, 1.54) is 22.8 Å². The molecule has 136 valence electrons. The van der Waals surface area contributed by atoms with E-state index in [1.807, 2.05) is 12.1 Å². The van der Waals surface area contributed by atoms with Crippen molar-refractivity contribution in [2.75, 3.05) is 0 Å². The van der Waals surface area contributed by atoms with Crippen LogP contribution in [0.5, 0.6) is 11.5 Å². The van der Waals surface area contributed by atoms with Crippen LogP contribution in [0.1, 0.15) is 11.1 Å². The SMILES string of the molecule is O=c1[nH]c2ccccc2n1-c1cc(CCc2cccc(F)c2)c(O)cc1O. The summed E-state index contributed by atoms with van der Waals surface area (Å²) in [6, 6.07) is 16.2. The molecule has 0 bridgehead atoms. The number of rotatable bonds is 4. The maximum atomic E-state index is 13.3. The quantitative estimate of drug-likeness (QED) is 0.517. The Balaban J connectivity index is 1.75. The number of imidazole rings is 1. The number of phenolic OH excluding ortho intramolecular Hbond substituents is 2. The van der Waals surface area contributed by atoms with Gasteiger partial charge in [-0.15, -0.1) is 0 Å². The van der Waals surface area contributed by atoms with Gasteiger partial charge in [0.25, 0.3) is 0 Å². The Morgan fingerprint density at radius 1 is 0.926 bits per heavy atom. The van der Waals surface area contributed by atoms with Crippen LogP contribution in [0.4, 0.5) is 4.39 Å². The van der Waals surface area contributed by atoms with Crippen LogP contribution in [0.2, 0.25) is 0 Å². The minimum atomic E-state index is -0.381. The highest BCUT2D eigenvalue weighted by Gasteiger charge is 2.15. The summed E-state index contributed by atoms with van der Waals surface area (Å²) in [5.41, 5.74) is 2.53. The Labute approximate surface area is 154 Å². The third kappa shape index (κ3) is 3.17. The normalized spacial score (nSPS) is 11.1. The first-order valence-electron chi connectivity index (χ1n) is 8.52. The molecule has 0 atom stereocenters. The molecule has 6 heteroatoms. The lowest BCUT2D eigenvalue weighted by Gasteiger charge is -2.11. The number of nitrogens with zero attached hydrogens (tertiary/aromatic N) is 1. The average Bonchev–Trinajstić information content (AvgIpc) is 2.97. The minimum Gasteiger partial charge on any atom is -0.508 e. The Bertz CT molecular complexity index is 1190. The maximum absolute atomic E-state index is 13.3. The van der Waals surface area contributed by atoms with Crippen molar-refractivity contribution in [3.05, 3.63) is 88.1 Å². The van der Waals surface area contributed by atoms with E-state index in [4.69, 9.17) is 0 Å². The Hall–Kier alpha value is -3.54. The van der Waals surface area contributed by atoms with Crippen molar-refractivity contribution in [1.82, 2.24) is 9.55 Å². The Morgan fingerprint density at radius 3 is 2.56 bits per heavy atom. The second-order valence-corrected chi connectivity index (χ2v) is 6.38. The van der Waals surface area contributed by atoms with Crippen molar-refractivity contribution in [2.45, 2.75) is 12.8 Å². The van der Waals surface area contributed by atoms with Crippen LogP contribution >= 0.6 is 0 Å². The van der Waals surface area contributed by atoms with E-state index in [1.54, 1.807) is 30.3 Å². The smallest absolute Gasteiger partial charge is 0.331 e. The molecule has 0 spiro atoms. The molecule has 0 aliphatic carbocycles. The summed E-state index contributed by atoms with van der Waals surface area (Å²) < 4.78 is 14.7. The highest BCUT2D eigenvalue weighted by atomic mass is 19.1. The van der Waals surface area contributed by atoms with Crippen LogP contribution in [0, 0.1) is 5.82 Å². The summed E-state index contributed by atoms with van der Waals surface area (Å²) in [7, 11) is 0. The molecule has 0 saturated heterocycles. The van der Waals surface area contributed by atoms with Gasteiger partial charge in [-0.1, -0.05) is 24.3 Å². The zero-order valence-corrected chi connectivity index (χ0v) is 14.3. The molecule has 0 radical (unpaired) electrons. The van der Waals surface area contributed by atoms with Crippen molar-refractivity contribution >= 4 is 11.0 Å². The largest absolute Gasteiger partial charge is 0.508 e.